The number of aliphatic carboxylic acids is 1. The van der Waals surface area contributed by atoms with E-state index < -0.39 is 29.0 Å². The smallest absolute Gasteiger partial charge is 0.410 e. The number of rotatable bonds is 2. The third-order valence-electron chi connectivity index (χ3n) is 3.94. The van der Waals surface area contributed by atoms with Crippen molar-refractivity contribution < 1.29 is 19.4 Å². The topological polar surface area (TPSA) is 79.7 Å². The Kier molecular flexibility index (Phi) is 4.57. The van der Waals surface area contributed by atoms with Gasteiger partial charge in [0, 0.05) is 30.9 Å². The Balaban J connectivity index is 2.28. The monoisotopic (exact) mass is 340 g/mol. The van der Waals surface area contributed by atoms with Crippen LogP contribution in [-0.2, 0) is 9.53 Å². The van der Waals surface area contributed by atoms with E-state index in [-0.39, 0.29) is 13.1 Å². The van der Waals surface area contributed by atoms with Crippen molar-refractivity contribution in [1.82, 2.24) is 9.88 Å². The molecule has 1 saturated heterocycles. The largest absolute Gasteiger partial charge is 0.481 e. The summed E-state index contributed by atoms with van der Waals surface area (Å²) in [7, 11) is 0. The minimum atomic E-state index is -1.13. The zero-order valence-corrected chi connectivity index (χ0v) is 14.4. The van der Waals surface area contributed by atoms with Gasteiger partial charge >= 0.3 is 12.1 Å². The molecule has 1 aliphatic rings. The molecular weight excluding hydrogens is 320 g/mol. The maximum absolute atomic E-state index is 12.3. The first-order valence-corrected chi connectivity index (χ1v) is 7.73. The maximum atomic E-state index is 12.3. The Morgan fingerprint density at radius 1 is 1.43 bits per heavy atom. The summed E-state index contributed by atoms with van der Waals surface area (Å²) in [5.74, 6) is -1.39. The van der Waals surface area contributed by atoms with Crippen molar-refractivity contribution in [3.8, 4) is 0 Å². The van der Waals surface area contributed by atoms with E-state index >= 15 is 0 Å². The second kappa shape index (κ2) is 6.00. The predicted octanol–water partition coefficient (Wildman–Crippen LogP) is 3.16. The van der Waals surface area contributed by atoms with Crippen LogP contribution in [0.15, 0.2) is 18.3 Å². The van der Waals surface area contributed by atoms with Gasteiger partial charge in [-0.1, -0.05) is 11.6 Å². The number of carboxylic acid groups (broad SMARTS) is 1. The van der Waals surface area contributed by atoms with Gasteiger partial charge in [0.1, 0.15) is 5.60 Å². The van der Waals surface area contributed by atoms with Crippen molar-refractivity contribution in [2.24, 2.45) is 5.41 Å². The maximum Gasteiger partial charge on any atom is 0.410 e. The summed E-state index contributed by atoms with van der Waals surface area (Å²) in [5.41, 5.74) is -1.16. The number of hydrogen-bond acceptors (Lipinski definition) is 4. The van der Waals surface area contributed by atoms with E-state index in [2.05, 4.69) is 4.98 Å². The second-order valence-electron chi connectivity index (χ2n) is 7.04. The summed E-state index contributed by atoms with van der Waals surface area (Å²) in [6.07, 6.45) is 0.969. The first-order valence-electron chi connectivity index (χ1n) is 7.36. The number of carbonyl (C=O) groups is 2. The SMILES string of the molecule is CC(C)(C)OC(=O)N1CC(c2ccc(Cl)cn2)C(C)(C(=O)O)C1. The van der Waals surface area contributed by atoms with Gasteiger partial charge in [-0.25, -0.2) is 4.79 Å². The van der Waals surface area contributed by atoms with Crippen LogP contribution in [0.25, 0.3) is 0 Å². The molecule has 2 unspecified atom stereocenters. The fourth-order valence-corrected chi connectivity index (χ4v) is 2.80. The molecule has 1 aliphatic heterocycles. The zero-order chi connectivity index (χ0) is 17.4. The highest BCUT2D eigenvalue weighted by atomic mass is 35.5. The van der Waals surface area contributed by atoms with E-state index in [9.17, 15) is 14.7 Å². The Hall–Kier alpha value is -1.82. The minimum Gasteiger partial charge on any atom is -0.481 e. The summed E-state index contributed by atoms with van der Waals surface area (Å²) in [5, 5.41) is 10.1. The molecule has 2 rings (SSSR count). The van der Waals surface area contributed by atoms with Gasteiger partial charge in [0.15, 0.2) is 0 Å². The number of amides is 1. The Morgan fingerprint density at radius 2 is 2.09 bits per heavy atom. The lowest BCUT2D eigenvalue weighted by molar-refractivity contribution is -0.147. The molecule has 0 bridgehead atoms. The van der Waals surface area contributed by atoms with Gasteiger partial charge in [-0.05, 0) is 39.8 Å². The normalized spacial score (nSPS) is 24.6. The molecule has 1 aromatic heterocycles. The molecule has 2 atom stereocenters. The average molecular weight is 341 g/mol. The molecule has 126 valence electrons. The van der Waals surface area contributed by atoms with E-state index in [1.807, 2.05) is 0 Å². The first kappa shape index (κ1) is 17.5. The number of carbonyl (C=O) groups excluding carboxylic acids is 1. The number of ether oxygens (including phenoxy) is 1. The quantitative estimate of drug-likeness (QED) is 0.894. The summed E-state index contributed by atoms with van der Waals surface area (Å²) in [4.78, 5) is 29.7. The third kappa shape index (κ3) is 3.75. The van der Waals surface area contributed by atoms with Crippen molar-refractivity contribution in [3.05, 3.63) is 29.0 Å². The molecule has 1 amide bonds. The highest BCUT2D eigenvalue weighted by molar-refractivity contribution is 6.30. The fraction of sp³-hybridized carbons (Fsp3) is 0.562. The van der Waals surface area contributed by atoms with Crippen LogP contribution in [0, 0.1) is 5.41 Å². The van der Waals surface area contributed by atoms with Gasteiger partial charge in [0.05, 0.1) is 10.4 Å². The first-order chi connectivity index (χ1) is 10.5. The summed E-state index contributed by atoms with van der Waals surface area (Å²) in [6.45, 7) is 7.26. The van der Waals surface area contributed by atoms with Crippen LogP contribution in [-0.4, -0.2) is 45.7 Å². The summed E-state index contributed by atoms with van der Waals surface area (Å²) >= 11 is 5.84. The number of hydrogen-bond donors (Lipinski definition) is 1. The van der Waals surface area contributed by atoms with E-state index in [1.165, 1.54) is 11.1 Å². The zero-order valence-electron chi connectivity index (χ0n) is 13.7. The van der Waals surface area contributed by atoms with Gasteiger partial charge in [0.2, 0.25) is 0 Å². The van der Waals surface area contributed by atoms with Crippen molar-refractivity contribution in [3.63, 3.8) is 0 Å². The molecule has 0 saturated carbocycles. The van der Waals surface area contributed by atoms with Crippen molar-refractivity contribution in [2.75, 3.05) is 13.1 Å². The summed E-state index contributed by atoms with van der Waals surface area (Å²) in [6, 6.07) is 3.37. The van der Waals surface area contributed by atoms with Crippen LogP contribution in [0.1, 0.15) is 39.3 Å². The van der Waals surface area contributed by atoms with Crippen molar-refractivity contribution >= 4 is 23.7 Å². The Morgan fingerprint density at radius 3 is 2.57 bits per heavy atom. The van der Waals surface area contributed by atoms with Crippen LogP contribution >= 0.6 is 11.6 Å². The molecule has 1 N–H and O–H groups in total. The lowest BCUT2D eigenvalue weighted by atomic mass is 9.78. The molecule has 0 radical (unpaired) electrons. The molecular formula is C16H21ClN2O4. The molecule has 0 aromatic carbocycles. The fourth-order valence-electron chi connectivity index (χ4n) is 2.69. The molecule has 2 heterocycles. The van der Waals surface area contributed by atoms with E-state index in [4.69, 9.17) is 16.3 Å². The van der Waals surface area contributed by atoms with Crippen molar-refractivity contribution in [2.45, 2.75) is 39.2 Å². The van der Waals surface area contributed by atoms with Gasteiger partial charge in [-0.15, -0.1) is 0 Å². The van der Waals surface area contributed by atoms with Crippen LogP contribution in [0.4, 0.5) is 4.79 Å². The Bertz CT molecular complexity index is 612. The number of pyridine rings is 1. The van der Waals surface area contributed by atoms with Crippen LogP contribution in [0.3, 0.4) is 0 Å². The van der Waals surface area contributed by atoms with Crippen LogP contribution in [0.5, 0.6) is 0 Å². The number of aromatic nitrogens is 1. The molecule has 0 aliphatic carbocycles. The molecule has 1 fully saturated rings. The van der Waals surface area contributed by atoms with Gasteiger partial charge in [-0.2, -0.15) is 0 Å². The lowest BCUT2D eigenvalue weighted by Gasteiger charge is -2.25. The molecule has 0 spiro atoms. The van der Waals surface area contributed by atoms with Gasteiger partial charge < -0.3 is 14.7 Å². The van der Waals surface area contributed by atoms with Gasteiger partial charge in [-0.3, -0.25) is 9.78 Å². The third-order valence-corrected chi connectivity index (χ3v) is 4.16. The van der Waals surface area contributed by atoms with Crippen molar-refractivity contribution in [1.29, 1.82) is 0 Å². The van der Waals surface area contributed by atoms with E-state index in [1.54, 1.807) is 39.8 Å². The molecule has 23 heavy (non-hydrogen) atoms. The average Bonchev–Trinajstić information content (AvgIpc) is 2.77. The molecule has 6 nitrogen and oxygen atoms in total. The van der Waals surface area contributed by atoms with E-state index in [0.717, 1.165) is 0 Å². The number of nitrogens with zero attached hydrogens (tertiary/aromatic N) is 2. The second-order valence-corrected chi connectivity index (χ2v) is 7.47. The summed E-state index contributed by atoms with van der Waals surface area (Å²) < 4.78 is 5.35. The van der Waals surface area contributed by atoms with Crippen LogP contribution < -0.4 is 0 Å². The highest BCUT2D eigenvalue weighted by Crippen LogP contribution is 2.42. The van der Waals surface area contributed by atoms with Crippen LogP contribution in [0.2, 0.25) is 5.02 Å². The number of likely N-dealkylation sites (tertiary alicyclic amines) is 1. The Labute approximate surface area is 140 Å². The number of halogens is 1. The lowest BCUT2D eigenvalue weighted by Crippen LogP contribution is -2.38. The number of carboxylic acids is 1. The minimum absolute atomic E-state index is 0.0756. The van der Waals surface area contributed by atoms with E-state index in [0.29, 0.717) is 10.7 Å². The molecule has 1 aromatic rings. The predicted molar refractivity (Wildman–Crippen MR) is 85.5 cm³/mol. The highest BCUT2D eigenvalue weighted by Gasteiger charge is 2.52. The standard InChI is InChI=1S/C16H21ClN2O4/c1-15(2,3)23-14(22)19-8-11(16(4,9-19)13(20)21)12-6-5-10(17)7-18-12/h5-7,11H,8-9H2,1-4H3,(H,20,21). The van der Waals surface area contributed by atoms with Gasteiger partial charge in [0.25, 0.3) is 0 Å². The molecule has 7 heteroatoms.